The number of benzene rings is 1. The van der Waals surface area contributed by atoms with Crippen LogP contribution < -0.4 is 0 Å². The Morgan fingerprint density at radius 1 is 1.26 bits per heavy atom. The third-order valence-corrected chi connectivity index (χ3v) is 4.43. The van der Waals surface area contributed by atoms with E-state index in [2.05, 4.69) is 23.0 Å². The van der Waals surface area contributed by atoms with Crippen LogP contribution in [0.4, 0.5) is 0 Å². The van der Waals surface area contributed by atoms with Crippen molar-refractivity contribution < 1.29 is 0 Å². The predicted octanol–water partition coefficient (Wildman–Crippen LogP) is 5.44. The first-order chi connectivity index (χ1) is 11.0. The van der Waals surface area contributed by atoms with Crippen LogP contribution in [0.1, 0.15) is 16.7 Å². The fraction of sp³-hybridized carbons (Fsp3) is 0.211. The fourth-order valence-electron chi connectivity index (χ4n) is 2.37. The van der Waals surface area contributed by atoms with Gasteiger partial charge in [0.25, 0.3) is 0 Å². The number of fused-ring (bicyclic) bond motifs is 1. The van der Waals surface area contributed by atoms with Gasteiger partial charge in [0.15, 0.2) is 0 Å². The summed E-state index contributed by atoms with van der Waals surface area (Å²) in [5.41, 5.74) is 4.67. The van der Waals surface area contributed by atoms with Gasteiger partial charge >= 0.3 is 0 Å². The molecule has 0 spiro atoms. The van der Waals surface area contributed by atoms with Crippen LogP contribution in [-0.4, -0.2) is 16.4 Å². The second-order valence-corrected chi connectivity index (χ2v) is 6.25. The van der Waals surface area contributed by atoms with Crippen LogP contribution in [0.25, 0.3) is 0 Å². The average Bonchev–Trinajstić information content (AvgIpc) is 2.56. The minimum absolute atomic E-state index is 0.617. The van der Waals surface area contributed by atoms with Gasteiger partial charge in [-0.05, 0) is 54.3 Å². The van der Waals surface area contributed by atoms with E-state index in [9.17, 15) is 0 Å². The predicted molar refractivity (Wildman–Crippen MR) is 98.9 cm³/mol. The summed E-state index contributed by atoms with van der Waals surface area (Å²) >= 11 is 12.0. The van der Waals surface area contributed by atoms with Gasteiger partial charge in [-0.3, -0.25) is 4.98 Å². The highest BCUT2D eigenvalue weighted by atomic mass is 35.5. The second-order valence-electron chi connectivity index (χ2n) is 5.43. The molecular weight excluding hydrogens is 327 g/mol. The molecule has 1 aromatic carbocycles. The van der Waals surface area contributed by atoms with Gasteiger partial charge in [0.1, 0.15) is 0 Å². The minimum atomic E-state index is 0.617. The van der Waals surface area contributed by atoms with Crippen molar-refractivity contribution in [2.75, 3.05) is 6.54 Å². The van der Waals surface area contributed by atoms with Crippen LogP contribution in [0.3, 0.4) is 0 Å². The largest absolute Gasteiger partial charge is 0.367 e. The van der Waals surface area contributed by atoms with E-state index in [1.807, 2.05) is 37.4 Å². The Balaban J connectivity index is 0.000000229. The maximum atomic E-state index is 6.01. The molecule has 0 radical (unpaired) electrons. The number of hydrogen-bond acceptors (Lipinski definition) is 2. The molecule has 0 saturated carbocycles. The Bertz CT molecular complexity index is 696. The van der Waals surface area contributed by atoms with E-state index in [1.54, 1.807) is 12.3 Å². The molecule has 1 aromatic heterocycles. The van der Waals surface area contributed by atoms with Gasteiger partial charge in [0.05, 0.1) is 10.0 Å². The number of rotatable bonds is 2. The Labute approximate surface area is 148 Å². The Kier molecular flexibility index (Phi) is 6.26. The first-order valence-corrected chi connectivity index (χ1v) is 8.16. The van der Waals surface area contributed by atoms with Crippen molar-refractivity contribution in [1.82, 2.24) is 9.88 Å². The topological polar surface area (TPSA) is 16.1 Å². The summed E-state index contributed by atoms with van der Waals surface area (Å²) < 4.78 is 0. The Morgan fingerprint density at radius 2 is 1.96 bits per heavy atom. The number of aromatic nitrogens is 1. The summed E-state index contributed by atoms with van der Waals surface area (Å²) in [5, 5.41) is 1.25. The Hall–Kier alpha value is -1.77. The number of aryl methyl sites for hydroxylation is 1. The summed E-state index contributed by atoms with van der Waals surface area (Å²) in [7, 11) is 0. The highest BCUT2D eigenvalue weighted by molar-refractivity contribution is 6.42. The molecule has 0 saturated heterocycles. The maximum absolute atomic E-state index is 6.01. The van der Waals surface area contributed by atoms with Crippen molar-refractivity contribution in [2.24, 2.45) is 0 Å². The summed E-state index contributed by atoms with van der Waals surface area (Å²) in [4.78, 5) is 6.08. The van der Waals surface area contributed by atoms with E-state index in [-0.39, 0.29) is 0 Å². The maximum Gasteiger partial charge on any atom is 0.0595 e. The molecule has 1 aliphatic heterocycles. The molecule has 0 N–H and O–H groups in total. The fourth-order valence-corrected chi connectivity index (χ4v) is 2.74. The van der Waals surface area contributed by atoms with E-state index in [0.717, 1.165) is 25.2 Å². The molecule has 2 aromatic rings. The average molecular weight is 347 g/mol. The molecule has 2 nitrogen and oxygen atoms in total. The number of nitrogens with zero attached hydrogens (tertiary/aromatic N) is 2. The molecule has 0 unspecified atom stereocenters. The molecular formula is C19H20Cl2N2. The standard InChI is InChI=1S/C13H13Cl2N.C6H7N/c1-3-9(2)16-5-4-10-6-12(14)13(15)7-11(10)8-16;1-6-3-2-4-7-5-6/h3,6-7H,1-2,4-5,8H2;2-5H,1H3. The van der Waals surface area contributed by atoms with E-state index in [4.69, 9.17) is 23.2 Å². The van der Waals surface area contributed by atoms with Crippen LogP contribution in [-0.2, 0) is 13.0 Å². The first-order valence-electron chi connectivity index (χ1n) is 7.41. The molecule has 0 amide bonds. The molecule has 0 fully saturated rings. The number of halogens is 2. The van der Waals surface area contributed by atoms with E-state index in [1.165, 1.54) is 16.7 Å². The number of pyridine rings is 1. The van der Waals surface area contributed by atoms with Gasteiger partial charge in [0.2, 0.25) is 0 Å². The summed E-state index contributed by atoms with van der Waals surface area (Å²) in [6, 6.07) is 7.86. The van der Waals surface area contributed by atoms with Crippen molar-refractivity contribution in [2.45, 2.75) is 19.9 Å². The van der Waals surface area contributed by atoms with Crippen molar-refractivity contribution in [1.29, 1.82) is 0 Å². The molecule has 4 heteroatoms. The van der Waals surface area contributed by atoms with Crippen molar-refractivity contribution in [3.63, 3.8) is 0 Å². The zero-order chi connectivity index (χ0) is 16.8. The lowest BCUT2D eigenvalue weighted by molar-refractivity contribution is 0.333. The minimum Gasteiger partial charge on any atom is -0.367 e. The van der Waals surface area contributed by atoms with Gasteiger partial charge in [-0.25, -0.2) is 0 Å². The van der Waals surface area contributed by atoms with E-state index in [0.29, 0.717) is 10.0 Å². The van der Waals surface area contributed by atoms with Crippen molar-refractivity contribution >= 4 is 23.2 Å². The van der Waals surface area contributed by atoms with E-state index < -0.39 is 0 Å². The lowest BCUT2D eigenvalue weighted by atomic mass is 9.99. The van der Waals surface area contributed by atoms with Gasteiger partial charge in [-0.2, -0.15) is 0 Å². The highest BCUT2D eigenvalue weighted by Crippen LogP contribution is 2.30. The quantitative estimate of drug-likeness (QED) is 0.673. The summed E-state index contributed by atoms with van der Waals surface area (Å²) in [5.74, 6) is 0. The smallest absolute Gasteiger partial charge is 0.0595 e. The second kappa shape index (κ2) is 8.19. The molecule has 0 bridgehead atoms. The Morgan fingerprint density at radius 3 is 2.48 bits per heavy atom. The van der Waals surface area contributed by atoms with Crippen LogP contribution in [0.2, 0.25) is 10.0 Å². The molecule has 120 valence electrons. The molecule has 3 rings (SSSR count). The number of allylic oxidation sites excluding steroid dienone is 1. The highest BCUT2D eigenvalue weighted by Gasteiger charge is 2.17. The first kappa shape index (κ1) is 17.6. The van der Waals surface area contributed by atoms with Crippen molar-refractivity contribution in [3.05, 3.63) is 88.3 Å². The lowest BCUT2D eigenvalue weighted by Crippen LogP contribution is -2.28. The molecule has 23 heavy (non-hydrogen) atoms. The van der Waals surface area contributed by atoms with Gasteiger partial charge in [-0.15, -0.1) is 0 Å². The zero-order valence-corrected chi connectivity index (χ0v) is 14.7. The number of hydrogen-bond donors (Lipinski definition) is 0. The van der Waals surface area contributed by atoms with Crippen LogP contribution in [0, 0.1) is 6.92 Å². The van der Waals surface area contributed by atoms with Crippen molar-refractivity contribution in [3.8, 4) is 0 Å². The molecule has 2 heterocycles. The zero-order valence-electron chi connectivity index (χ0n) is 13.2. The summed E-state index contributed by atoms with van der Waals surface area (Å²) in [6.07, 6.45) is 6.36. The van der Waals surface area contributed by atoms with Gasteiger partial charge in [-0.1, -0.05) is 42.4 Å². The third-order valence-electron chi connectivity index (χ3n) is 3.71. The molecule has 1 aliphatic rings. The molecule has 0 aliphatic carbocycles. The third kappa shape index (κ3) is 4.85. The van der Waals surface area contributed by atoms with Gasteiger partial charge < -0.3 is 4.90 Å². The SMILES string of the molecule is C=CC(=C)N1CCc2cc(Cl)c(Cl)cc2C1.Cc1cccnc1. The van der Waals surface area contributed by atoms with Crippen LogP contribution >= 0.6 is 23.2 Å². The van der Waals surface area contributed by atoms with Crippen LogP contribution in [0.5, 0.6) is 0 Å². The van der Waals surface area contributed by atoms with E-state index >= 15 is 0 Å². The van der Waals surface area contributed by atoms with Gasteiger partial charge in [0, 0.05) is 31.2 Å². The molecule has 0 atom stereocenters. The summed E-state index contributed by atoms with van der Waals surface area (Å²) in [6.45, 7) is 11.5. The monoisotopic (exact) mass is 346 g/mol. The normalized spacial score (nSPS) is 12.7. The van der Waals surface area contributed by atoms with Crippen LogP contribution in [0.15, 0.2) is 61.6 Å². The lowest BCUT2D eigenvalue weighted by Gasteiger charge is -2.31.